The number of aliphatic hydroxyl groups is 3. The van der Waals surface area contributed by atoms with Gasteiger partial charge in [0.1, 0.15) is 18.3 Å². The van der Waals surface area contributed by atoms with Crippen LogP contribution in [-0.2, 0) is 9.53 Å². The number of carbonyl (C=O) groups excluding carboxylic acids is 1. The SMILES string of the molecule is CC(=O)Nc1nc2nc[nH]c2c(Cl)[n+]1[C@@H]1O[C@H](CO)[C@H](O)[C@H]1O. The number of aromatic nitrogens is 4. The van der Waals surface area contributed by atoms with Gasteiger partial charge in [0.2, 0.25) is 11.4 Å². The fourth-order valence-electron chi connectivity index (χ4n) is 2.46. The Morgan fingerprint density at radius 1 is 1.52 bits per heavy atom. The zero-order valence-electron chi connectivity index (χ0n) is 12.0. The molecule has 0 saturated carbocycles. The summed E-state index contributed by atoms with van der Waals surface area (Å²) in [6.45, 7) is 0.800. The van der Waals surface area contributed by atoms with Crippen LogP contribution in [0.15, 0.2) is 6.33 Å². The number of H-pyrrole nitrogens is 1. The van der Waals surface area contributed by atoms with Crippen molar-refractivity contribution in [3.63, 3.8) is 0 Å². The maximum atomic E-state index is 11.4. The van der Waals surface area contributed by atoms with Crippen molar-refractivity contribution < 1.29 is 29.4 Å². The fraction of sp³-hybridized carbons (Fsp3) is 0.500. The number of aliphatic hydroxyl groups excluding tert-OH is 3. The lowest BCUT2D eigenvalue weighted by Crippen LogP contribution is -2.50. The third kappa shape index (κ3) is 2.64. The molecule has 0 spiro atoms. The number of anilines is 1. The standard InChI is InChI=1S/C12H14ClN5O5/c1-4(20)16-12-17-10-6(14-3-15-10)9(13)18(12)11-8(22)7(21)5(2-19)23-11/h3,5,7-8,11,19,21-22H,2H2,1H3,(H,14,15,16,17,20)/p+1/t5-,7+,8-,11-/m1/s1. The first-order valence-electron chi connectivity index (χ1n) is 6.78. The molecule has 3 heterocycles. The summed E-state index contributed by atoms with van der Waals surface area (Å²) in [7, 11) is 0. The molecule has 2 aromatic heterocycles. The molecule has 10 nitrogen and oxygen atoms in total. The summed E-state index contributed by atoms with van der Waals surface area (Å²) < 4.78 is 6.68. The summed E-state index contributed by atoms with van der Waals surface area (Å²) in [6, 6.07) is 0. The summed E-state index contributed by atoms with van der Waals surface area (Å²) in [5, 5.41) is 31.9. The Labute approximate surface area is 134 Å². The minimum absolute atomic E-state index is 0.00283. The fourth-order valence-corrected chi connectivity index (χ4v) is 2.78. The lowest BCUT2D eigenvalue weighted by Gasteiger charge is -2.17. The largest absolute Gasteiger partial charge is 0.404 e. The van der Waals surface area contributed by atoms with E-state index in [2.05, 4.69) is 20.3 Å². The number of amides is 1. The first-order valence-corrected chi connectivity index (χ1v) is 7.16. The van der Waals surface area contributed by atoms with E-state index in [-0.39, 0.29) is 16.7 Å². The summed E-state index contributed by atoms with van der Waals surface area (Å²) in [5.41, 5.74) is 0.639. The Bertz CT molecular complexity index is 753. The molecule has 1 saturated heterocycles. The number of hydrogen-bond acceptors (Lipinski definition) is 7. The molecule has 0 bridgehead atoms. The molecule has 0 unspecified atom stereocenters. The van der Waals surface area contributed by atoms with Crippen molar-refractivity contribution in [3.05, 3.63) is 11.5 Å². The van der Waals surface area contributed by atoms with E-state index in [0.717, 1.165) is 0 Å². The average Bonchev–Trinajstić information content (AvgIpc) is 3.06. The smallest absolute Gasteiger partial charge is 0.394 e. The number of carbonyl (C=O) groups is 1. The van der Waals surface area contributed by atoms with Crippen molar-refractivity contribution in [1.82, 2.24) is 15.0 Å². The van der Waals surface area contributed by atoms with Gasteiger partial charge < -0.3 is 25.0 Å². The highest BCUT2D eigenvalue weighted by atomic mass is 35.5. The summed E-state index contributed by atoms with van der Waals surface area (Å²) in [4.78, 5) is 22.3. The maximum Gasteiger partial charge on any atom is 0.404 e. The Hall–Kier alpha value is -1.85. The van der Waals surface area contributed by atoms with Gasteiger partial charge in [-0.1, -0.05) is 0 Å². The molecule has 1 aliphatic heterocycles. The molecule has 1 aliphatic rings. The Balaban J connectivity index is 2.14. The monoisotopic (exact) mass is 344 g/mol. The normalized spacial score (nSPS) is 27.5. The van der Waals surface area contributed by atoms with Gasteiger partial charge in [-0.05, 0) is 16.6 Å². The predicted octanol–water partition coefficient (Wildman–Crippen LogP) is -1.53. The predicted molar refractivity (Wildman–Crippen MR) is 76.4 cm³/mol. The highest BCUT2D eigenvalue weighted by Crippen LogP contribution is 2.29. The Morgan fingerprint density at radius 3 is 2.87 bits per heavy atom. The van der Waals surface area contributed by atoms with E-state index in [0.29, 0.717) is 5.52 Å². The van der Waals surface area contributed by atoms with Gasteiger partial charge in [0, 0.05) is 6.92 Å². The molecule has 0 aromatic carbocycles. The van der Waals surface area contributed by atoms with Gasteiger partial charge in [0.05, 0.1) is 12.9 Å². The zero-order valence-corrected chi connectivity index (χ0v) is 12.7. The molecule has 0 aliphatic carbocycles. The van der Waals surface area contributed by atoms with Gasteiger partial charge in [0.15, 0.2) is 5.52 Å². The number of fused-ring (bicyclic) bond motifs is 1. The van der Waals surface area contributed by atoms with Crippen LogP contribution < -0.4 is 9.88 Å². The second kappa shape index (κ2) is 5.98. The van der Waals surface area contributed by atoms with E-state index in [1.165, 1.54) is 17.8 Å². The van der Waals surface area contributed by atoms with Crippen molar-refractivity contribution in [2.24, 2.45) is 0 Å². The molecular formula is C12H15ClN5O5+. The van der Waals surface area contributed by atoms with Gasteiger partial charge in [-0.25, -0.2) is 10.3 Å². The Kier molecular flexibility index (Phi) is 4.17. The molecule has 4 atom stereocenters. The van der Waals surface area contributed by atoms with Crippen LogP contribution in [-0.4, -0.2) is 61.1 Å². The second-order valence-electron chi connectivity index (χ2n) is 5.11. The minimum atomic E-state index is -1.37. The van der Waals surface area contributed by atoms with Crippen LogP contribution >= 0.6 is 11.6 Å². The third-order valence-corrected chi connectivity index (χ3v) is 3.91. The third-order valence-electron chi connectivity index (χ3n) is 3.54. The molecule has 11 heteroatoms. The highest BCUT2D eigenvalue weighted by molar-refractivity contribution is 6.32. The summed E-state index contributed by atoms with van der Waals surface area (Å²) in [5.74, 6) is -0.416. The molecule has 3 rings (SSSR count). The molecular weight excluding hydrogens is 330 g/mol. The van der Waals surface area contributed by atoms with E-state index in [1.54, 1.807) is 0 Å². The van der Waals surface area contributed by atoms with E-state index in [9.17, 15) is 20.1 Å². The quantitative estimate of drug-likeness (QED) is 0.335. The molecule has 23 heavy (non-hydrogen) atoms. The minimum Gasteiger partial charge on any atom is -0.394 e. The van der Waals surface area contributed by atoms with Crippen LogP contribution in [0, 0.1) is 0 Å². The number of ether oxygens (including phenoxy) is 1. The molecule has 2 aromatic rings. The molecule has 5 N–H and O–H groups in total. The molecule has 1 amide bonds. The van der Waals surface area contributed by atoms with Crippen molar-refractivity contribution in [2.75, 3.05) is 11.9 Å². The number of rotatable bonds is 3. The summed E-state index contributed by atoms with van der Waals surface area (Å²) in [6.07, 6.45) is -3.43. The topological polar surface area (TPSA) is 144 Å². The van der Waals surface area contributed by atoms with E-state index in [1.807, 2.05) is 0 Å². The van der Waals surface area contributed by atoms with E-state index >= 15 is 0 Å². The van der Waals surface area contributed by atoms with Gasteiger partial charge in [-0.15, -0.1) is 0 Å². The van der Waals surface area contributed by atoms with E-state index < -0.39 is 37.1 Å². The van der Waals surface area contributed by atoms with Crippen molar-refractivity contribution in [3.8, 4) is 0 Å². The number of nitrogens with one attached hydrogen (secondary N) is 2. The van der Waals surface area contributed by atoms with Gasteiger partial charge in [-0.2, -0.15) is 4.57 Å². The number of hydrogen-bond donors (Lipinski definition) is 5. The van der Waals surface area contributed by atoms with Gasteiger partial charge in [-0.3, -0.25) is 4.79 Å². The first-order chi connectivity index (χ1) is 10.9. The van der Waals surface area contributed by atoms with Crippen LogP contribution in [0.25, 0.3) is 11.2 Å². The molecule has 1 fully saturated rings. The number of aromatic amines is 1. The van der Waals surface area contributed by atoms with Gasteiger partial charge in [0.25, 0.3) is 11.6 Å². The van der Waals surface area contributed by atoms with Crippen LogP contribution in [0.4, 0.5) is 5.95 Å². The van der Waals surface area contributed by atoms with Crippen LogP contribution in [0.5, 0.6) is 0 Å². The molecule has 124 valence electrons. The van der Waals surface area contributed by atoms with Crippen LogP contribution in [0.3, 0.4) is 0 Å². The second-order valence-corrected chi connectivity index (χ2v) is 5.47. The average molecular weight is 345 g/mol. The van der Waals surface area contributed by atoms with Crippen molar-refractivity contribution >= 4 is 34.6 Å². The summed E-state index contributed by atoms with van der Waals surface area (Å²) >= 11 is 6.32. The first kappa shape index (κ1) is 16.0. The van der Waals surface area contributed by atoms with Crippen LogP contribution in [0.1, 0.15) is 13.2 Å². The van der Waals surface area contributed by atoms with Crippen LogP contribution in [0.2, 0.25) is 5.15 Å². The Morgan fingerprint density at radius 2 is 2.26 bits per heavy atom. The molecule has 0 radical (unpaired) electrons. The maximum absolute atomic E-state index is 11.4. The van der Waals surface area contributed by atoms with Gasteiger partial charge >= 0.3 is 5.95 Å². The number of halogens is 1. The van der Waals surface area contributed by atoms with Crippen molar-refractivity contribution in [1.29, 1.82) is 0 Å². The van der Waals surface area contributed by atoms with E-state index in [4.69, 9.17) is 16.3 Å². The lowest BCUT2D eigenvalue weighted by molar-refractivity contribution is -0.752. The number of imidazole rings is 1. The highest BCUT2D eigenvalue weighted by Gasteiger charge is 2.47. The number of nitrogens with zero attached hydrogens (tertiary/aromatic N) is 3. The zero-order chi connectivity index (χ0) is 16.7. The van der Waals surface area contributed by atoms with Crippen molar-refractivity contribution in [2.45, 2.75) is 31.5 Å². The lowest BCUT2D eigenvalue weighted by atomic mass is 10.1.